The summed E-state index contributed by atoms with van der Waals surface area (Å²) in [6.45, 7) is 2.90. The minimum absolute atomic E-state index is 0.194. The molecule has 16 heavy (non-hydrogen) atoms. The van der Waals surface area contributed by atoms with Crippen LogP contribution in [0.4, 0.5) is 10.1 Å². The van der Waals surface area contributed by atoms with E-state index in [4.69, 9.17) is 4.74 Å². The zero-order chi connectivity index (χ0) is 11.5. The molecule has 1 aliphatic heterocycles. The quantitative estimate of drug-likeness (QED) is 0.855. The Balaban J connectivity index is 1.89. The van der Waals surface area contributed by atoms with E-state index < -0.39 is 0 Å². The van der Waals surface area contributed by atoms with E-state index in [0.29, 0.717) is 6.10 Å². The van der Waals surface area contributed by atoms with Crippen LogP contribution in [0.15, 0.2) is 18.2 Å². The van der Waals surface area contributed by atoms with Gasteiger partial charge >= 0.3 is 0 Å². The minimum atomic E-state index is -0.194. The molecule has 4 heteroatoms. The maximum absolute atomic E-state index is 12.9. The average molecular weight is 335 g/mol. The third-order valence-electron chi connectivity index (χ3n) is 2.77. The Morgan fingerprint density at radius 3 is 2.94 bits per heavy atom. The van der Waals surface area contributed by atoms with E-state index >= 15 is 0 Å². The van der Waals surface area contributed by atoms with Crippen LogP contribution < -0.4 is 5.32 Å². The second kappa shape index (κ2) is 5.31. The highest BCUT2D eigenvalue weighted by molar-refractivity contribution is 14.1. The predicted octanol–water partition coefficient (Wildman–Crippen LogP) is 3.41. The molecule has 0 radical (unpaired) electrons. The number of benzene rings is 1. The van der Waals surface area contributed by atoms with E-state index in [-0.39, 0.29) is 11.9 Å². The summed E-state index contributed by atoms with van der Waals surface area (Å²) in [6, 6.07) is 4.78. The lowest BCUT2D eigenvalue weighted by Crippen LogP contribution is -2.20. The first-order valence-corrected chi connectivity index (χ1v) is 6.57. The predicted molar refractivity (Wildman–Crippen MR) is 71.2 cm³/mol. The average Bonchev–Trinajstić information content (AvgIpc) is 2.63. The molecule has 1 aliphatic rings. The molecule has 2 atom stereocenters. The van der Waals surface area contributed by atoms with Gasteiger partial charge in [-0.15, -0.1) is 0 Å². The number of nitrogens with one attached hydrogen (secondary N) is 1. The third kappa shape index (κ3) is 3.07. The van der Waals surface area contributed by atoms with Crippen molar-refractivity contribution >= 4 is 28.3 Å². The number of anilines is 1. The van der Waals surface area contributed by atoms with Gasteiger partial charge < -0.3 is 10.1 Å². The van der Waals surface area contributed by atoms with Crippen molar-refractivity contribution in [3.8, 4) is 0 Å². The largest absolute Gasteiger partial charge is 0.382 e. The minimum Gasteiger partial charge on any atom is -0.382 e. The first-order valence-electron chi connectivity index (χ1n) is 5.49. The molecule has 1 aromatic carbocycles. The van der Waals surface area contributed by atoms with Crippen molar-refractivity contribution in [3.63, 3.8) is 0 Å². The Bertz CT molecular complexity index is 372. The molecule has 0 saturated carbocycles. The Labute approximate surface area is 109 Å². The lowest BCUT2D eigenvalue weighted by Gasteiger charge is -2.14. The zero-order valence-electron chi connectivity index (χ0n) is 9.17. The number of rotatable bonds is 3. The highest BCUT2D eigenvalue weighted by Gasteiger charge is 2.21. The summed E-state index contributed by atoms with van der Waals surface area (Å²) in [6.07, 6.45) is 2.90. The van der Waals surface area contributed by atoms with Crippen LogP contribution in [0.2, 0.25) is 0 Å². The van der Waals surface area contributed by atoms with E-state index in [9.17, 15) is 4.39 Å². The number of hydrogen-bond acceptors (Lipinski definition) is 2. The van der Waals surface area contributed by atoms with Crippen LogP contribution in [0, 0.1) is 9.39 Å². The van der Waals surface area contributed by atoms with Crippen molar-refractivity contribution in [2.75, 3.05) is 11.9 Å². The monoisotopic (exact) mass is 335 g/mol. The van der Waals surface area contributed by atoms with Crippen molar-refractivity contribution in [2.45, 2.75) is 32.0 Å². The molecular formula is C12H15FINO. The van der Waals surface area contributed by atoms with E-state index in [1.165, 1.54) is 12.1 Å². The molecular weight excluding hydrogens is 320 g/mol. The van der Waals surface area contributed by atoms with Crippen molar-refractivity contribution in [3.05, 3.63) is 27.6 Å². The molecule has 0 bridgehead atoms. The number of halogens is 2. The van der Waals surface area contributed by atoms with Gasteiger partial charge in [-0.25, -0.2) is 4.39 Å². The van der Waals surface area contributed by atoms with E-state index in [1.54, 1.807) is 6.07 Å². The first kappa shape index (κ1) is 12.1. The second-order valence-corrected chi connectivity index (χ2v) is 5.31. The molecule has 2 unspecified atom stereocenters. The van der Waals surface area contributed by atoms with Gasteiger partial charge in [0.1, 0.15) is 5.82 Å². The molecule has 2 nitrogen and oxygen atoms in total. The number of ether oxygens (including phenoxy) is 1. The van der Waals surface area contributed by atoms with E-state index in [0.717, 1.165) is 28.6 Å². The summed E-state index contributed by atoms with van der Waals surface area (Å²) >= 11 is 2.13. The van der Waals surface area contributed by atoms with Crippen molar-refractivity contribution < 1.29 is 9.13 Å². The standard InChI is InChI=1S/C12H15FINO/c1-8-2-4-10(16-8)7-15-12-5-3-9(13)6-11(12)14/h3,5-6,8,10,15H,2,4,7H2,1H3. The van der Waals surface area contributed by atoms with Gasteiger partial charge in [0.25, 0.3) is 0 Å². The smallest absolute Gasteiger partial charge is 0.124 e. The molecule has 0 aliphatic carbocycles. The summed E-state index contributed by atoms with van der Waals surface area (Å²) in [5.74, 6) is -0.194. The topological polar surface area (TPSA) is 21.3 Å². The van der Waals surface area contributed by atoms with Gasteiger partial charge in [-0.05, 0) is 60.6 Å². The van der Waals surface area contributed by atoms with Gasteiger partial charge in [0, 0.05) is 15.8 Å². The van der Waals surface area contributed by atoms with Gasteiger partial charge in [0.15, 0.2) is 0 Å². The van der Waals surface area contributed by atoms with Crippen LogP contribution in [-0.2, 0) is 4.74 Å². The highest BCUT2D eigenvalue weighted by atomic mass is 127. The lowest BCUT2D eigenvalue weighted by atomic mass is 10.2. The molecule has 1 saturated heterocycles. The van der Waals surface area contributed by atoms with Gasteiger partial charge in [-0.3, -0.25) is 0 Å². The molecule has 0 spiro atoms. The van der Waals surface area contributed by atoms with Gasteiger partial charge in [-0.2, -0.15) is 0 Å². The van der Waals surface area contributed by atoms with Crippen LogP contribution in [0.3, 0.4) is 0 Å². The molecule has 1 heterocycles. The second-order valence-electron chi connectivity index (χ2n) is 4.15. The summed E-state index contributed by atoms with van der Waals surface area (Å²) in [5, 5.41) is 3.30. The van der Waals surface area contributed by atoms with Crippen LogP contribution in [-0.4, -0.2) is 18.8 Å². The summed E-state index contributed by atoms with van der Waals surface area (Å²) in [4.78, 5) is 0. The highest BCUT2D eigenvalue weighted by Crippen LogP contribution is 2.22. The van der Waals surface area contributed by atoms with Crippen molar-refractivity contribution in [1.82, 2.24) is 0 Å². The fourth-order valence-electron chi connectivity index (χ4n) is 1.89. The fourth-order valence-corrected chi connectivity index (χ4v) is 2.56. The third-order valence-corrected chi connectivity index (χ3v) is 3.66. The van der Waals surface area contributed by atoms with Crippen LogP contribution in [0.5, 0.6) is 0 Å². The SMILES string of the molecule is CC1CCC(CNc2ccc(F)cc2I)O1. The number of hydrogen-bond donors (Lipinski definition) is 1. The fraction of sp³-hybridized carbons (Fsp3) is 0.500. The van der Waals surface area contributed by atoms with Gasteiger partial charge in [0.2, 0.25) is 0 Å². The Morgan fingerprint density at radius 2 is 2.31 bits per heavy atom. The first-order chi connectivity index (χ1) is 7.65. The Morgan fingerprint density at radius 1 is 1.50 bits per heavy atom. The van der Waals surface area contributed by atoms with Crippen molar-refractivity contribution in [2.24, 2.45) is 0 Å². The van der Waals surface area contributed by atoms with E-state index in [1.807, 2.05) is 0 Å². The summed E-state index contributed by atoms with van der Waals surface area (Å²) in [7, 11) is 0. The Kier molecular flexibility index (Phi) is 4.02. The molecule has 1 aromatic rings. The van der Waals surface area contributed by atoms with Gasteiger partial charge in [-0.1, -0.05) is 0 Å². The summed E-state index contributed by atoms with van der Waals surface area (Å²) < 4.78 is 19.5. The molecule has 0 aromatic heterocycles. The maximum atomic E-state index is 12.9. The molecule has 1 N–H and O–H groups in total. The van der Waals surface area contributed by atoms with Gasteiger partial charge in [0.05, 0.1) is 12.2 Å². The maximum Gasteiger partial charge on any atom is 0.124 e. The van der Waals surface area contributed by atoms with Crippen molar-refractivity contribution in [1.29, 1.82) is 0 Å². The summed E-state index contributed by atoms with van der Waals surface area (Å²) in [5.41, 5.74) is 0.977. The molecule has 88 valence electrons. The van der Waals surface area contributed by atoms with Crippen LogP contribution in [0.1, 0.15) is 19.8 Å². The Hall–Kier alpha value is -0.360. The molecule has 0 amide bonds. The van der Waals surface area contributed by atoms with Crippen LogP contribution in [0.25, 0.3) is 0 Å². The lowest BCUT2D eigenvalue weighted by molar-refractivity contribution is 0.0637. The molecule has 2 rings (SSSR count). The van der Waals surface area contributed by atoms with Crippen LogP contribution >= 0.6 is 22.6 Å². The zero-order valence-corrected chi connectivity index (χ0v) is 11.3. The van der Waals surface area contributed by atoms with E-state index in [2.05, 4.69) is 34.8 Å². The molecule has 1 fully saturated rings. The normalized spacial score (nSPS) is 24.7.